The number of likely N-dealkylation sites (N-methyl/N-ethyl adjacent to an activating group) is 1. The first-order valence-corrected chi connectivity index (χ1v) is 10.6. The third-order valence-electron chi connectivity index (χ3n) is 5.25. The van der Waals surface area contributed by atoms with Gasteiger partial charge in [0.15, 0.2) is 13.1 Å². The molecule has 0 aromatic heterocycles. The monoisotopic (exact) mass is 425 g/mol. The number of hydrogen-bond donors (Lipinski definition) is 3. The molecule has 0 aliphatic heterocycles. The van der Waals surface area contributed by atoms with Crippen LogP contribution < -0.4 is 15.5 Å². The first-order chi connectivity index (χ1) is 14.7. The van der Waals surface area contributed by atoms with Gasteiger partial charge in [-0.15, -0.1) is 0 Å². The number of aryl methyl sites for hydroxylation is 1. The molecule has 0 bridgehead atoms. The highest BCUT2D eigenvalue weighted by molar-refractivity contribution is 5.97. The number of carbonyl (C=O) groups excluding carboxylic acids is 3. The van der Waals surface area contributed by atoms with E-state index < -0.39 is 0 Å². The summed E-state index contributed by atoms with van der Waals surface area (Å²) in [5.41, 5.74) is 4.03. The zero-order valence-corrected chi connectivity index (χ0v) is 19.0. The molecule has 7 heteroatoms. The summed E-state index contributed by atoms with van der Waals surface area (Å²) in [5.74, 6) is -0.428. The van der Waals surface area contributed by atoms with E-state index in [9.17, 15) is 14.4 Å². The van der Waals surface area contributed by atoms with Gasteiger partial charge in [-0.3, -0.25) is 14.4 Å². The standard InChI is InChI=1S/C24H32N4O3/c1-6-28(7-2)24(31)19-11-9-12-20(14-19)25-22(29)15-27(5)16-23(30)26-21-13-8-10-17(3)18(21)4/h8-14H,6-7,15-16H2,1-5H3,(H,25,29)(H,26,30)/p+1. The van der Waals surface area contributed by atoms with Gasteiger partial charge in [0.05, 0.1) is 7.05 Å². The molecule has 1 atom stereocenters. The molecule has 2 aromatic carbocycles. The summed E-state index contributed by atoms with van der Waals surface area (Å²) in [7, 11) is 1.79. The quantitative estimate of drug-likeness (QED) is 0.574. The minimum absolute atomic E-state index is 0.0630. The van der Waals surface area contributed by atoms with Crippen molar-refractivity contribution >= 4 is 29.1 Å². The number of carbonyl (C=O) groups is 3. The highest BCUT2D eigenvalue weighted by atomic mass is 16.2. The van der Waals surface area contributed by atoms with Gasteiger partial charge in [-0.05, 0) is 63.1 Å². The Morgan fingerprint density at radius 2 is 1.52 bits per heavy atom. The lowest BCUT2D eigenvalue weighted by atomic mass is 10.1. The second kappa shape index (κ2) is 11.3. The largest absolute Gasteiger partial charge is 0.339 e. The molecule has 31 heavy (non-hydrogen) atoms. The van der Waals surface area contributed by atoms with E-state index in [-0.39, 0.29) is 30.8 Å². The summed E-state index contributed by atoms with van der Waals surface area (Å²) < 4.78 is 0. The molecular weight excluding hydrogens is 392 g/mol. The average Bonchev–Trinajstić information content (AvgIpc) is 2.72. The van der Waals surface area contributed by atoms with Crippen molar-refractivity contribution in [3.8, 4) is 0 Å². The molecule has 0 aliphatic carbocycles. The van der Waals surface area contributed by atoms with Crippen molar-refractivity contribution in [3.05, 3.63) is 59.2 Å². The fourth-order valence-electron chi connectivity index (χ4n) is 3.32. The maximum atomic E-state index is 12.5. The zero-order valence-electron chi connectivity index (χ0n) is 19.0. The van der Waals surface area contributed by atoms with Gasteiger partial charge >= 0.3 is 0 Å². The van der Waals surface area contributed by atoms with Crippen LogP contribution in [0.15, 0.2) is 42.5 Å². The van der Waals surface area contributed by atoms with Crippen molar-refractivity contribution in [2.24, 2.45) is 0 Å². The molecule has 0 radical (unpaired) electrons. The first-order valence-electron chi connectivity index (χ1n) is 10.6. The van der Waals surface area contributed by atoms with E-state index in [0.717, 1.165) is 21.7 Å². The number of benzene rings is 2. The molecule has 3 N–H and O–H groups in total. The lowest BCUT2D eigenvalue weighted by Gasteiger charge is -2.19. The van der Waals surface area contributed by atoms with Crippen molar-refractivity contribution in [1.82, 2.24) is 4.90 Å². The number of nitrogens with one attached hydrogen (secondary N) is 3. The Bertz CT molecular complexity index is 938. The molecule has 3 amide bonds. The van der Waals surface area contributed by atoms with Gasteiger partial charge in [0.1, 0.15) is 0 Å². The zero-order chi connectivity index (χ0) is 23.0. The van der Waals surface area contributed by atoms with Crippen LogP contribution in [0.25, 0.3) is 0 Å². The summed E-state index contributed by atoms with van der Waals surface area (Å²) in [5, 5.41) is 5.73. The SMILES string of the molecule is CCN(CC)C(=O)c1cccc(NC(=O)C[NH+](C)CC(=O)Nc2cccc(C)c2C)c1. The lowest BCUT2D eigenvalue weighted by molar-refractivity contribution is -0.862. The Morgan fingerprint density at radius 3 is 2.16 bits per heavy atom. The molecule has 0 fully saturated rings. The Balaban J connectivity index is 1.90. The third kappa shape index (κ3) is 6.93. The Hall–Kier alpha value is -3.19. The van der Waals surface area contributed by atoms with E-state index in [2.05, 4.69) is 10.6 Å². The normalized spacial score (nSPS) is 11.5. The smallest absolute Gasteiger partial charge is 0.279 e. The van der Waals surface area contributed by atoms with E-state index in [0.29, 0.717) is 24.3 Å². The topological polar surface area (TPSA) is 83.0 Å². The summed E-state index contributed by atoms with van der Waals surface area (Å²) in [6.45, 7) is 9.39. The van der Waals surface area contributed by atoms with Crippen LogP contribution in [0.3, 0.4) is 0 Å². The highest BCUT2D eigenvalue weighted by Crippen LogP contribution is 2.17. The van der Waals surface area contributed by atoms with E-state index >= 15 is 0 Å². The van der Waals surface area contributed by atoms with E-state index in [1.807, 2.05) is 45.9 Å². The molecule has 2 rings (SSSR count). The number of anilines is 2. The first kappa shape index (κ1) is 24.1. The highest BCUT2D eigenvalue weighted by Gasteiger charge is 2.17. The van der Waals surface area contributed by atoms with Crippen molar-refractivity contribution in [2.75, 3.05) is 43.9 Å². The number of amides is 3. The van der Waals surface area contributed by atoms with Gasteiger partial charge in [-0.25, -0.2) is 0 Å². The van der Waals surface area contributed by atoms with E-state index in [1.54, 1.807) is 36.2 Å². The summed E-state index contributed by atoms with van der Waals surface area (Å²) in [6, 6.07) is 12.7. The maximum absolute atomic E-state index is 12.5. The van der Waals surface area contributed by atoms with Crippen molar-refractivity contribution < 1.29 is 19.3 Å². The minimum atomic E-state index is -0.218. The molecule has 166 valence electrons. The van der Waals surface area contributed by atoms with Crippen LogP contribution in [0.5, 0.6) is 0 Å². The molecule has 0 saturated carbocycles. The van der Waals surface area contributed by atoms with Crippen LogP contribution in [-0.4, -0.2) is 55.8 Å². The van der Waals surface area contributed by atoms with Crippen LogP contribution >= 0.6 is 0 Å². The maximum Gasteiger partial charge on any atom is 0.279 e. The van der Waals surface area contributed by atoms with Gasteiger partial charge in [-0.1, -0.05) is 18.2 Å². The number of rotatable bonds is 9. The third-order valence-corrected chi connectivity index (χ3v) is 5.25. The minimum Gasteiger partial charge on any atom is -0.339 e. The molecule has 0 saturated heterocycles. The number of hydrogen-bond acceptors (Lipinski definition) is 3. The Morgan fingerprint density at radius 1 is 0.903 bits per heavy atom. The lowest BCUT2D eigenvalue weighted by Crippen LogP contribution is -3.11. The van der Waals surface area contributed by atoms with Gasteiger partial charge in [0.25, 0.3) is 17.7 Å². The molecular formula is C24H33N4O3+. The second-order valence-electron chi connectivity index (χ2n) is 7.71. The van der Waals surface area contributed by atoms with Crippen molar-refractivity contribution in [3.63, 3.8) is 0 Å². The van der Waals surface area contributed by atoms with Gasteiger partial charge in [0.2, 0.25) is 0 Å². The molecule has 0 aliphatic rings. The Labute approximate surface area is 184 Å². The van der Waals surface area contributed by atoms with E-state index in [1.165, 1.54) is 0 Å². The Kier molecular flexibility index (Phi) is 8.75. The van der Waals surface area contributed by atoms with Crippen LogP contribution in [-0.2, 0) is 9.59 Å². The van der Waals surface area contributed by atoms with Crippen LogP contribution in [0.1, 0.15) is 35.3 Å². The molecule has 2 aromatic rings. The van der Waals surface area contributed by atoms with Crippen molar-refractivity contribution in [2.45, 2.75) is 27.7 Å². The summed E-state index contributed by atoms with van der Waals surface area (Å²) in [6.07, 6.45) is 0. The molecule has 0 spiro atoms. The van der Waals surface area contributed by atoms with E-state index in [4.69, 9.17) is 0 Å². The number of quaternary nitrogens is 1. The van der Waals surface area contributed by atoms with Crippen LogP contribution in [0.4, 0.5) is 11.4 Å². The molecule has 0 heterocycles. The van der Waals surface area contributed by atoms with Gasteiger partial charge in [-0.2, -0.15) is 0 Å². The molecule has 7 nitrogen and oxygen atoms in total. The van der Waals surface area contributed by atoms with Gasteiger partial charge in [0, 0.05) is 30.0 Å². The molecule has 1 unspecified atom stereocenters. The fourth-order valence-corrected chi connectivity index (χ4v) is 3.32. The van der Waals surface area contributed by atoms with Crippen LogP contribution in [0.2, 0.25) is 0 Å². The predicted molar refractivity (Wildman–Crippen MR) is 123 cm³/mol. The fraction of sp³-hybridized carbons (Fsp3) is 0.375. The second-order valence-corrected chi connectivity index (χ2v) is 7.71. The van der Waals surface area contributed by atoms with Crippen molar-refractivity contribution in [1.29, 1.82) is 0 Å². The number of nitrogens with zero attached hydrogens (tertiary/aromatic N) is 1. The predicted octanol–water partition coefficient (Wildman–Crippen LogP) is 1.88. The van der Waals surface area contributed by atoms with Gasteiger partial charge < -0.3 is 20.4 Å². The summed E-state index contributed by atoms with van der Waals surface area (Å²) >= 11 is 0. The van der Waals surface area contributed by atoms with Crippen LogP contribution in [0, 0.1) is 13.8 Å². The summed E-state index contributed by atoms with van der Waals surface area (Å²) in [4.78, 5) is 39.8. The average molecular weight is 426 g/mol.